The van der Waals surface area contributed by atoms with E-state index in [9.17, 15) is 0 Å². The van der Waals surface area contributed by atoms with E-state index in [1.165, 1.54) is 4.88 Å². The molecule has 0 aliphatic carbocycles. The van der Waals surface area contributed by atoms with Gasteiger partial charge in [-0.15, -0.1) is 11.3 Å². The fourth-order valence-electron chi connectivity index (χ4n) is 1.76. The second-order valence-corrected chi connectivity index (χ2v) is 6.09. The summed E-state index contributed by atoms with van der Waals surface area (Å²) in [5.41, 5.74) is 11.0. The number of benzene rings is 1. The molecule has 0 aliphatic rings. The number of anilines is 1. The predicted octanol–water partition coefficient (Wildman–Crippen LogP) is 3.31. The zero-order valence-electron chi connectivity index (χ0n) is 10.5. The average molecular weight is 326 g/mol. The number of nitrogens with zero attached hydrogens (tertiary/aromatic N) is 2. The van der Waals surface area contributed by atoms with E-state index in [1.807, 2.05) is 12.4 Å². The molecule has 2 aromatic rings. The van der Waals surface area contributed by atoms with Crippen LogP contribution in [0.4, 0.5) is 5.69 Å². The molecule has 18 heavy (non-hydrogen) atoms. The maximum Gasteiger partial charge on any atom is 0.0798 e. The minimum absolute atomic E-state index is 0.555. The molecule has 3 nitrogen and oxygen atoms in total. The zero-order chi connectivity index (χ0) is 13.1. The predicted molar refractivity (Wildman–Crippen MR) is 81.0 cm³/mol. The van der Waals surface area contributed by atoms with E-state index in [-0.39, 0.29) is 0 Å². The fourth-order valence-corrected chi connectivity index (χ4v) is 3.11. The van der Waals surface area contributed by atoms with E-state index < -0.39 is 0 Å². The van der Waals surface area contributed by atoms with Crippen LogP contribution in [0, 0.1) is 6.92 Å². The van der Waals surface area contributed by atoms with Crippen LogP contribution in [0.2, 0.25) is 0 Å². The summed E-state index contributed by atoms with van der Waals surface area (Å²) in [4.78, 5) is 7.79. The Morgan fingerprint density at radius 2 is 2.17 bits per heavy atom. The number of halogens is 1. The van der Waals surface area contributed by atoms with E-state index in [1.54, 1.807) is 11.3 Å². The standard InChI is InChI=1S/C13H16BrN3S/c1-9-13(18-8-16-9)7-17(2)12-4-10(6-15)3-11(14)5-12/h3-5,8H,6-7,15H2,1-2H3. The van der Waals surface area contributed by atoms with Gasteiger partial charge in [-0.3, -0.25) is 0 Å². The van der Waals surface area contributed by atoms with E-state index in [4.69, 9.17) is 5.73 Å². The number of thiazole rings is 1. The van der Waals surface area contributed by atoms with Gasteiger partial charge >= 0.3 is 0 Å². The molecule has 0 radical (unpaired) electrons. The second-order valence-electron chi connectivity index (χ2n) is 4.24. The van der Waals surface area contributed by atoms with E-state index in [0.29, 0.717) is 6.54 Å². The molecule has 1 aromatic carbocycles. The highest BCUT2D eigenvalue weighted by molar-refractivity contribution is 9.10. The Bertz CT molecular complexity index is 539. The van der Waals surface area contributed by atoms with Gasteiger partial charge in [-0.1, -0.05) is 15.9 Å². The van der Waals surface area contributed by atoms with Crippen molar-refractivity contribution in [2.75, 3.05) is 11.9 Å². The van der Waals surface area contributed by atoms with Crippen molar-refractivity contribution in [3.63, 3.8) is 0 Å². The summed E-state index contributed by atoms with van der Waals surface area (Å²) in [5.74, 6) is 0. The first-order valence-corrected chi connectivity index (χ1v) is 7.37. The lowest BCUT2D eigenvalue weighted by Gasteiger charge is -2.20. The van der Waals surface area contributed by atoms with Crippen LogP contribution in [0.5, 0.6) is 0 Å². The van der Waals surface area contributed by atoms with Crippen molar-refractivity contribution in [1.29, 1.82) is 0 Å². The lowest BCUT2D eigenvalue weighted by molar-refractivity contribution is 0.921. The molecule has 0 saturated carbocycles. The number of nitrogens with two attached hydrogens (primary N) is 1. The Balaban J connectivity index is 2.20. The molecule has 0 unspecified atom stereocenters. The Hall–Kier alpha value is -0.910. The largest absolute Gasteiger partial charge is 0.369 e. The minimum Gasteiger partial charge on any atom is -0.369 e. The van der Waals surface area contributed by atoms with Gasteiger partial charge < -0.3 is 10.6 Å². The summed E-state index contributed by atoms with van der Waals surface area (Å²) in [6.07, 6.45) is 0. The first-order chi connectivity index (χ1) is 8.60. The molecule has 0 fully saturated rings. The Morgan fingerprint density at radius 3 is 2.78 bits per heavy atom. The molecule has 0 atom stereocenters. The van der Waals surface area contributed by atoms with Crippen molar-refractivity contribution in [3.05, 3.63) is 44.3 Å². The number of rotatable bonds is 4. The lowest BCUT2D eigenvalue weighted by Crippen LogP contribution is -2.16. The molecule has 1 aromatic heterocycles. The summed E-state index contributed by atoms with van der Waals surface area (Å²) in [6.45, 7) is 3.47. The van der Waals surface area contributed by atoms with Crippen LogP contribution >= 0.6 is 27.3 Å². The highest BCUT2D eigenvalue weighted by Crippen LogP contribution is 2.24. The molecule has 0 bridgehead atoms. The normalized spacial score (nSPS) is 10.7. The summed E-state index contributed by atoms with van der Waals surface area (Å²) >= 11 is 5.22. The van der Waals surface area contributed by atoms with Crippen LogP contribution < -0.4 is 10.6 Å². The van der Waals surface area contributed by atoms with Crippen molar-refractivity contribution in [2.24, 2.45) is 5.73 Å². The molecule has 5 heteroatoms. The first-order valence-electron chi connectivity index (χ1n) is 5.70. The van der Waals surface area contributed by atoms with Crippen LogP contribution in [0.3, 0.4) is 0 Å². The molecule has 0 aliphatic heterocycles. The zero-order valence-corrected chi connectivity index (χ0v) is 12.9. The van der Waals surface area contributed by atoms with Crippen molar-refractivity contribution in [2.45, 2.75) is 20.0 Å². The third kappa shape index (κ3) is 3.10. The van der Waals surface area contributed by atoms with Gasteiger partial charge in [0.2, 0.25) is 0 Å². The Labute approximate surface area is 120 Å². The van der Waals surface area contributed by atoms with Gasteiger partial charge in [-0.2, -0.15) is 0 Å². The summed E-state index contributed by atoms with van der Waals surface area (Å²) in [7, 11) is 2.08. The highest BCUT2D eigenvalue weighted by atomic mass is 79.9. The molecule has 1 heterocycles. The maximum atomic E-state index is 5.70. The van der Waals surface area contributed by atoms with Gasteiger partial charge in [0.05, 0.1) is 17.7 Å². The number of aromatic nitrogens is 1. The monoisotopic (exact) mass is 325 g/mol. The number of hydrogen-bond donors (Lipinski definition) is 1. The Kier molecular flexibility index (Phi) is 4.37. The van der Waals surface area contributed by atoms with Crippen LogP contribution in [-0.4, -0.2) is 12.0 Å². The first kappa shape index (κ1) is 13.5. The van der Waals surface area contributed by atoms with E-state index in [0.717, 1.165) is 28.0 Å². The van der Waals surface area contributed by atoms with Crippen LogP contribution in [-0.2, 0) is 13.1 Å². The smallest absolute Gasteiger partial charge is 0.0798 e. The average Bonchev–Trinajstić information content (AvgIpc) is 2.74. The van der Waals surface area contributed by atoms with E-state index in [2.05, 4.69) is 51.1 Å². The van der Waals surface area contributed by atoms with Crippen molar-refractivity contribution < 1.29 is 0 Å². The molecule has 0 saturated heterocycles. The SMILES string of the molecule is Cc1ncsc1CN(C)c1cc(Br)cc(CN)c1. The molecular weight excluding hydrogens is 310 g/mol. The van der Waals surface area contributed by atoms with Gasteiger partial charge in [0.15, 0.2) is 0 Å². The number of aryl methyl sites for hydroxylation is 1. The van der Waals surface area contributed by atoms with E-state index >= 15 is 0 Å². The lowest BCUT2D eigenvalue weighted by atomic mass is 10.2. The Morgan fingerprint density at radius 1 is 1.39 bits per heavy atom. The van der Waals surface area contributed by atoms with Crippen LogP contribution in [0.15, 0.2) is 28.2 Å². The van der Waals surface area contributed by atoms with Gasteiger partial charge in [-0.05, 0) is 30.7 Å². The highest BCUT2D eigenvalue weighted by Gasteiger charge is 2.08. The molecule has 2 rings (SSSR count). The van der Waals surface area contributed by atoms with Gasteiger partial charge in [0.1, 0.15) is 0 Å². The molecule has 96 valence electrons. The van der Waals surface area contributed by atoms with Gasteiger partial charge in [-0.25, -0.2) is 4.98 Å². The van der Waals surface area contributed by atoms with Crippen LogP contribution in [0.25, 0.3) is 0 Å². The molecule has 0 spiro atoms. The second kappa shape index (κ2) is 5.82. The summed E-state index contributed by atoms with van der Waals surface area (Å²) in [6, 6.07) is 6.28. The minimum atomic E-state index is 0.555. The van der Waals surface area contributed by atoms with Crippen molar-refractivity contribution in [3.8, 4) is 0 Å². The third-order valence-corrected chi connectivity index (χ3v) is 4.22. The van der Waals surface area contributed by atoms with Gasteiger partial charge in [0, 0.05) is 28.6 Å². The molecule has 0 amide bonds. The molecule has 2 N–H and O–H groups in total. The maximum absolute atomic E-state index is 5.70. The van der Waals surface area contributed by atoms with Crippen molar-refractivity contribution >= 4 is 33.0 Å². The third-order valence-electron chi connectivity index (χ3n) is 2.84. The fraction of sp³-hybridized carbons (Fsp3) is 0.308. The molecular formula is C13H16BrN3S. The number of hydrogen-bond acceptors (Lipinski definition) is 4. The summed E-state index contributed by atoms with van der Waals surface area (Å²) < 4.78 is 1.06. The quantitative estimate of drug-likeness (QED) is 0.937. The summed E-state index contributed by atoms with van der Waals surface area (Å²) in [5, 5.41) is 0. The van der Waals surface area contributed by atoms with Crippen molar-refractivity contribution in [1.82, 2.24) is 4.98 Å². The van der Waals surface area contributed by atoms with Crippen LogP contribution in [0.1, 0.15) is 16.1 Å². The van der Waals surface area contributed by atoms with Gasteiger partial charge in [0.25, 0.3) is 0 Å². The topological polar surface area (TPSA) is 42.2 Å².